The number of carbonyl (C=O) groups is 1. The van der Waals surface area contributed by atoms with E-state index in [0.717, 1.165) is 12.8 Å². The van der Waals surface area contributed by atoms with Gasteiger partial charge in [0.1, 0.15) is 0 Å². The molecule has 0 radical (unpaired) electrons. The van der Waals surface area contributed by atoms with Crippen LogP contribution in [-0.2, 0) is 9.53 Å². The highest BCUT2D eigenvalue weighted by Crippen LogP contribution is 2.54. The molecule has 0 saturated heterocycles. The third-order valence-electron chi connectivity index (χ3n) is 2.51. The van der Waals surface area contributed by atoms with Gasteiger partial charge in [-0.2, -0.15) is 0 Å². The van der Waals surface area contributed by atoms with Gasteiger partial charge in [0.25, 0.3) is 0 Å². The second-order valence-electron chi connectivity index (χ2n) is 4.54. The van der Waals surface area contributed by atoms with Gasteiger partial charge in [-0.25, -0.2) is 0 Å². The van der Waals surface area contributed by atoms with E-state index in [1.54, 1.807) is 7.11 Å². The third kappa shape index (κ3) is 1.46. The van der Waals surface area contributed by atoms with Crippen LogP contribution in [0.15, 0.2) is 0 Å². The standard InChI is InChI=1S/C9H16O3/c1-8(2)4-9(5-8,6-12-3)7(10)11/h4-6H2,1-3H3,(H,10,11). The molecule has 0 unspecified atom stereocenters. The van der Waals surface area contributed by atoms with Crippen molar-refractivity contribution in [2.45, 2.75) is 26.7 Å². The summed E-state index contributed by atoms with van der Waals surface area (Å²) < 4.78 is 4.92. The summed E-state index contributed by atoms with van der Waals surface area (Å²) in [7, 11) is 1.55. The van der Waals surface area contributed by atoms with Gasteiger partial charge >= 0.3 is 5.97 Å². The van der Waals surface area contributed by atoms with E-state index in [1.807, 2.05) is 0 Å². The molecule has 3 heteroatoms. The van der Waals surface area contributed by atoms with Gasteiger partial charge in [-0.15, -0.1) is 0 Å². The van der Waals surface area contributed by atoms with Gasteiger partial charge in [-0.3, -0.25) is 4.79 Å². The second-order valence-corrected chi connectivity index (χ2v) is 4.54. The van der Waals surface area contributed by atoms with Gasteiger partial charge in [-0.05, 0) is 18.3 Å². The highest BCUT2D eigenvalue weighted by molar-refractivity contribution is 5.76. The van der Waals surface area contributed by atoms with Crippen molar-refractivity contribution >= 4 is 5.97 Å². The monoisotopic (exact) mass is 172 g/mol. The lowest BCUT2D eigenvalue weighted by molar-refractivity contribution is -0.170. The molecule has 0 aromatic heterocycles. The molecule has 1 aliphatic carbocycles. The molecule has 1 rings (SSSR count). The molecule has 70 valence electrons. The fourth-order valence-corrected chi connectivity index (χ4v) is 2.37. The molecule has 0 bridgehead atoms. The highest BCUT2D eigenvalue weighted by atomic mass is 16.5. The SMILES string of the molecule is COCC1(C(=O)O)CC(C)(C)C1. The van der Waals surface area contributed by atoms with Crippen LogP contribution in [0.1, 0.15) is 26.7 Å². The van der Waals surface area contributed by atoms with Crippen LogP contribution in [0.4, 0.5) is 0 Å². The molecule has 0 heterocycles. The molecule has 0 aliphatic heterocycles. The molecule has 1 fully saturated rings. The first-order valence-corrected chi connectivity index (χ1v) is 4.14. The summed E-state index contributed by atoms with van der Waals surface area (Å²) in [4.78, 5) is 10.9. The van der Waals surface area contributed by atoms with Crippen LogP contribution in [0.5, 0.6) is 0 Å². The van der Waals surface area contributed by atoms with E-state index >= 15 is 0 Å². The van der Waals surface area contributed by atoms with Crippen molar-refractivity contribution in [2.24, 2.45) is 10.8 Å². The van der Waals surface area contributed by atoms with E-state index in [0.29, 0.717) is 6.61 Å². The minimum Gasteiger partial charge on any atom is -0.481 e. The molecule has 1 N–H and O–H groups in total. The smallest absolute Gasteiger partial charge is 0.312 e. The maximum absolute atomic E-state index is 10.9. The Balaban J connectivity index is 2.62. The van der Waals surface area contributed by atoms with Crippen LogP contribution < -0.4 is 0 Å². The minimum absolute atomic E-state index is 0.178. The number of rotatable bonds is 3. The van der Waals surface area contributed by atoms with Crippen molar-refractivity contribution in [1.82, 2.24) is 0 Å². The zero-order valence-corrected chi connectivity index (χ0v) is 7.89. The number of methoxy groups -OCH3 is 1. The molecule has 0 amide bonds. The largest absolute Gasteiger partial charge is 0.481 e. The molecule has 12 heavy (non-hydrogen) atoms. The van der Waals surface area contributed by atoms with Gasteiger partial charge in [0, 0.05) is 7.11 Å². The molecule has 1 aliphatic rings. The summed E-state index contributed by atoms with van der Waals surface area (Å²) in [6.07, 6.45) is 1.45. The summed E-state index contributed by atoms with van der Waals surface area (Å²) in [5.74, 6) is -0.719. The van der Waals surface area contributed by atoms with Gasteiger partial charge in [0.15, 0.2) is 0 Å². The maximum atomic E-state index is 10.9. The van der Waals surface area contributed by atoms with E-state index in [-0.39, 0.29) is 5.41 Å². The Hall–Kier alpha value is -0.570. The number of hydrogen-bond acceptors (Lipinski definition) is 2. The lowest BCUT2D eigenvalue weighted by atomic mass is 9.55. The quantitative estimate of drug-likeness (QED) is 0.702. The van der Waals surface area contributed by atoms with Crippen molar-refractivity contribution < 1.29 is 14.6 Å². The van der Waals surface area contributed by atoms with Gasteiger partial charge in [0.05, 0.1) is 12.0 Å². The number of carboxylic acids is 1. The van der Waals surface area contributed by atoms with Crippen LogP contribution in [0.2, 0.25) is 0 Å². The number of aliphatic carboxylic acids is 1. The van der Waals surface area contributed by atoms with Crippen molar-refractivity contribution in [3.05, 3.63) is 0 Å². The van der Waals surface area contributed by atoms with Gasteiger partial charge in [0.2, 0.25) is 0 Å². The molecule has 1 saturated carbocycles. The first-order chi connectivity index (χ1) is 5.42. The minimum atomic E-state index is -0.719. The zero-order chi connectivity index (χ0) is 9.41. The van der Waals surface area contributed by atoms with Crippen LogP contribution in [-0.4, -0.2) is 24.8 Å². The second kappa shape index (κ2) is 2.73. The normalized spacial score (nSPS) is 24.6. The van der Waals surface area contributed by atoms with Crippen LogP contribution >= 0.6 is 0 Å². The van der Waals surface area contributed by atoms with Crippen LogP contribution in [0, 0.1) is 10.8 Å². The molecule has 0 aromatic rings. The van der Waals surface area contributed by atoms with Crippen molar-refractivity contribution in [3.8, 4) is 0 Å². The van der Waals surface area contributed by atoms with E-state index in [9.17, 15) is 4.79 Å². The van der Waals surface area contributed by atoms with Crippen LogP contribution in [0.3, 0.4) is 0 Å². The molecular weight excluding hydrogens is 156 g/mol. The van der Waals surface area contributed by atoms with E-state index < -0.39 is 11.4 Å². The van der Waals surface area contributed by atoms with Crippen molar-refractivity contribution in [3.63, 3.8) is 0 Å². The lowest BCUT2D eigenvalue weighted by Crippen LogP contribution is -2.51. The average molecular weight is 172 g/mol. The lowest BCUT2D eigenvalue weighted by Gasteiger charge is -2.49. The predicted octanol–water partition coefficient (Wildman–Crippen LogP) is 1.52. The first-order valence-electron chi connectivity index (χ1n) is 4.14. The molecule has 0 atom stereocenters. The molecule has 3 nitrogen and oxygen atoms in total. The fourth-order valence-electron chi connectivity index (χ4n) is 2.37. The Morgan fingerprint density at radius 1 is 1.50 bits per heavy atom. The number of ether oxygens (including phenoxy) is 1. The summed E-state index contributed by atoms with van der Waals surface area (Å²) in [6, 6.07) is 0. The zero-order valence-electron chi connectivity index (χ0n) is 7.89. The Morgan fingerprint density at radius 2 is 2.00 bits per heavy atom. The van der Waals surface area contributed by atoms with Gasteiger partial charge in [-0.1, -0.05) is 13.8 Å². The maximum Gasteiger partial charge on any atom is 0.312 e. The van der Waals surface area contributed by atoms with E-state index in [1.165, 1.54) is 0 Å². The third-order valence-corrected chi connectivity index (χ3v) is 2.51. The Morgan fingerprint density at radius 3 is 2.25 bits per heavy atom. The van der Waals surface area contributed by atoms with Crippen LogP contribution in [0.25, 0.3) is 0 Å². The number of hydrogen-bond donors (Lipinski definition) is 1. The average Bonchev–Trinajstić information content (AvgIpc) is 1.83. The molecule has 0 aromatic carbocycles. The van der Waals surface area contributed by atoms with Crippen molar-refractivity contribution in [2.75, 3.05) is 13.7 Å². The Kier molecular flexibility index (Phi) is 2.17. The summed E-state index contributed by atoms with van der Waals surface area (Å²) in [5, 5.41) is 8.97. The predicted molar refractivity (Wildman–Crippen MR) is 45.0 cm³/mol. The summed E-state index contributed by atoms with van der Waals surface area (Å²) in [6.45, 7) is 4.51. The van der Waals surface area contributed by atoms with E-state index in [4.69, 9.17) is 9.84 Å². The fraction of sp³-hybridized carbons (Fsp3) is 0.889. The van der Waals surface area contributed by atoms with E-state index in [2.05, 4.69) is 13.8 Å². The molecule has 0 spiro atoms. The topological polar surface area (TPSA) is 46.5 Å². The van der Waals surface area contributed by atoms with Crippen molar-refractivity contribution in [1.29, 1.82) is 0 Å². The van der Waals surface area contributed by atoms with Gasteiger partial charge < -0.3 is 9.84 Å². The number of carboxylic acid groups (broad SMARTS) is 1. The summed E-state index contributed by atoms with van der Waals surface area (Å²) >= 11 is 0. The molecular formula is C9H16O3. The Bertz CT molecular complexity index is 188. The Labute approximate surface area is 72.7 Å². The highest BCUT2D eigenvalue weighted by Gasteiger charge is 2.54. The summed E-state index contributed by atoms with van der Waals surface area (Å²) in [5.41, 5.74) is -0.421. The first kappa shape index (κ1) is 9.52.